The minimum atomic E-state index is -1.43. The van der Waals surface area contributed by atoms with Crippen LogP contribution in [-0.2, 0) is 16.1 Å². The molecule has 1 N–H and O–H groups in total. The van der Waals surface area contributed by atoms with Crippen LogP contribution in [0.15, 0.2) is 60.7 Å². The number of carboxylic acids is 1. The van der Waals surface area contributed by atoms with Gasteiger partial charge in [-0.2, -0.15) is 0 Å². The van der Waals surface area contributed by atoms with Crippen LogP contribution in [0.3, 0.4) is 0 Å². The first-order valence-electron chi connectivity index (χ1n) is 6.42. The summed E-state index contributed by atoms with van der Waals surface area (Å²) in [5.74, 6) is -0.974. The summed E-state index contributed by atoms with van der Waals surface area (Å²) in [7, 11) is 0. The molecule has 108 valence electrons. The van der Waals surface area contributed by atoms with E-state index in [0.717, 1.165) is 5.56 Å². The Labute approximate surface area is 129 Å². The number of carboxylic acid groups (broad SMARTS) is 1. The molecule has 0 bridgehead atoms. The van der Waals surface area contributed by atoms with Crippen molar-refractivity contribution < 1.29 is 19.4 Å². The second-order valence-electron chi connectivity index (χ2n) is 4.39. The van der Waals surface area contributed by atoms with Crippen LogP contribution in [0, 0.1) is 0 Å². The van der Waals surface area contributed by atoms with Gasteiger partial charge in [0, 0.05) is 0 Å². The van der Waals surface area contributed by atoms with Crippen LogP contribution in [-0.4, -0.2) is 31.6 Å². The molecule has 0 aliphatic heterocycles. The number of ether oxygens (including phenoxy) is 1. The zero-order valence-electron chi connectivity index (χ0n) is 11.2. The third-order valence-electron chi connectivity index (χ3n) is 2.85. The van der Waals surface area contributed by atoms with E-state index in [0.29, 0.717) is 5.56 Å². The number of carbonyl (C=O) groups excluding carboxylic acids is 1. The number of carbonyl (C=O) groups is 2. The number of hydrogen-bond donors (Lipinski definition) is 1. The molecule has 2 aromatic carbocycles. The van der Waals surface area contributed by atoms with E-state index in [4.69, 9.17) is 4.74 Å². The van der Waals surface area contributed by atoms with Crippen LogP contribution in [0.5, 0.6) is 0 Å². The summed E-state index contributed by atoms with van der Waals surface area (Å²) in [6.45, 7) is 0.185. The number of benzene rings is 2. The fourth-order valence-corrected chi connectivity index (χ4v) is 3.65. The Hall–Kier alpha value is -2.06. The van der Waals surface area contributed by atoms with E-state index < -0.39 is 31.2 Å². The average Bonchev–Trinajstić information content (AvgIpc) is 2.52. The summed E-state index contributed by atoms with van der Waals surface area (Å²) in [6.07, 6.45) is 0. The molecule has 0 heterocycles. The third-order valence-corrected chi connectivity index (χ3v) is 5.48. The Morgan fingerprint density at radius 3 is 2.14 bits per heavy atom. The van der Waals surface area contributed by atoms with Crippen molar-refractivity contribution in [2.75, 3.05) is 0 Å². The van der Waals surface area contributed by atoms with E-state index in [-0.39, 0.29) is 6.61 Å². The monoisotopic (exact) mass is 346 g/mol. The van der Waals surface area contributed by atoms with Crippen LogP contribution in [0.25, 0.3) is 0 Å². The summed E-state index contributed by atoms with van der Waals surface area (Å²) in [5.41, 5.74) is 1.55. The number of hydrogen-bond acceptors (Lipinski definition) is 3. The van der Waals surface area contributed by atoms with Crippen molar-refractivity contribution in [2.24, 2.45) is 0 Å². The Morgan fingerprint density at radius 2 is 1.57 bits per heavy atom. The van der Waals surface area contributed by atoms with Gasteiger partial charge in [0.1, 0.15) is 0 Å². The van der Waals surface area contributed by atoms with Crippen LogP contribution in [0.4, 0.5) is 4.79 Å². The Balaban J connectivity index is 1.95. The molecule has 0 saturated heterocycles. The molecule has 5 heteroatoms. The van der Waals surface area contributed by atoms with Crippen molar-refractivity contribution in [3.63, 3.8) is 0 Å². The fraction of sp³-hybridized carbons (Fsp3) is 0.125. The average molecular weight is 346 g/mol. The first-order valence-corrected chi connectivity index (χ1v) is 8.68. The second kappa shape index (κ2) is 7.65. The number of rotatable bonds is 6. The molecule has 0 saturated carbocycles. The Kier molecular flexibility index (Phi) is 5.58. The van der Waals surface area contributed by atoms with Gasteiger partial charge in [0.15, 0.2) is 0 Å². The van der Waals surface area contributed by atoms with Gasteiger partial charge in [-0.1, -0.05) is 0 Å². The van der Waals surface area contributed by atoms with Crippen LogP contribution >= 0.6 is 0 Å². The zero-order valence-corrected chi connectivity index (χ0v) is 13.3. The van der Waals surface area contributed by atoms with Gasteiger partial charge in [-0.3, -0.25) is 0 Å². The standard InChI is InChI=1S/C16H15AsO4/c18-15(19)14(13-9-5-2-6-10-13)17-16(20)21-11-12-7-3-1-4-8-12/h1-10,14,17H,11H2,(H,18,19)/t14-/m0/s1. The van der Waals surface area contributed by atoms with E-state index in [2.05, 4.69) is 0 Å². The maximum absolute atomic E-state index is 11.9. The van der Waals surface area contributed by atoms with Gasteiger partial charge in [-0.05, 0) is 0 Å². The van der Waals surface area contributed by atoms with Gasteiger partial charge in [0.2, 0.25) is 0 Å². The molecule has 1 unspecified atom stereocenters. The van der Waals surface area contributed by atoms with Gasteiger partial charge in [0.25, 0.3) is 0 Å². The van der Waals surface area contributed by atoms with Crippen molar-refractivity contribution in [3.8, 4) is 0 Å². The van der Waals surface area contributed by atoms with Crippen molar-refractivity contribution in [1.29, 1.82) is 0 Å². The molecule has 0 amide bonds. The number of aliphatic carboxylic acids is 1. The molecule has 0 spiro atoms. The topological polar surface area (TPSA) is 63.6 Å². The van der Waals surface area contributed by atoms with Crippen LogP contribution in [0.1, 0.15) is 15.8 Å². The third kappa shape index (κ3) is 4.76. The van der Waals surface area contributed by atoms with E-state index in [1.807, 2.05) is 36.4 Å². The normalized spacial score (nSPS) is 12.2. The summed E-state index contributed by atoms with van der Waals surface area (Å²) >= 11 is -1.43. The molecular weight excluding hydrogens is 331 g/mol. The van der Waals surface area contributed by atoms with Crippen LogP contribution in [0.2, 0.25) is 0 Å². The molecule has 2 atom stereocenters. The van der Waals surface area contributed by atoms with Crippen molar-refractivity contribution in [2.45, 2.75) is 11.3 Å². The SMILES string of the molecule is O=C(OCc1ccccc1)[AsH][C@H](C(=O)O)c1ccccc1. The molecule has 4 nitrogen and oxygen atoms in total. The molecule has 2 aromatic rings. The summed E-state index contributed by atoms with van der Waals surface area (Å²) in [5, 5.41) is 9.28. The molecule has 0 aliphatic carbocycles. The first-order chi connectivity index (χ1) is 10.2. The van der Waals surface area contributed by atoms with Gasteiger partial charge >= 0.3 is 129 Å². The van der Waals surface area contributed by atoms with Gasteiger partial charge in [0.05, 0.1) is 0 Å². The van der Waals surface area contributed by atoms with Gasteiger partial charge in [-0.25, -0.2) is 0 Å². The van der Waals surface area contributed by atoms with E-state index in [1.54, 1.807) is 24.3 Å². The quantitative estimate of drug-likeness (QED) is 0.817. The van der Waals surface area contributed by atoms with Gasteiger partial charge < -0.3 is 0 Å². The summed E-state index contributed by atoms with van der Waals surface area (Å²) in [4.78, 5) is 23.2. The molecule has 0 aromatic heterocycles. The van der Waals surface area contributed by atoms with Crippen LogP contribution < -0.4 is 0 Å². The zero-order chi connectivity index (χ0) is 15.1. The van der Waals surface area contributed by atoms with E-state index in [9.17, 15) is 14.7 Å². The molecule has 2 rings (SSSR count). The molecule has 0 fully saturated rings. The fourth-order valence-electron chi connectivity index (χ4n) is 1.82. The Bertz CT molecular complexity index is 598. The minimum absolute atomic E-state index is 0.185. The second-order valence-corrected chi connectivity index (χ2v) is 7.06. The Morgan fingerprint density at radius 1 is 1.00 bits per heavy atom. The predicted molar refractivity (Wildman–Crippen MR) is 80.6 cm³/mol. The van der Waals surface area contributed by atoms with Crippen molar-refractivity contribution in [1.82, 2.24) is 0 Å². The molecule has 0 radical (unpaired) electrons. The first kappa shape index (κ1) is 15.3. The summed E-state index contributed by atoms with van der Waals surface area (Å²) in [6, 6.07) is 18.1. The van der Waals surface area contributed by atoms with Crippen molar-refractivity contribution >= 4 is 26.5 Å². The van der Waals surface area contributed by atoms with Crippen molar-refractivity contribution in [3.05, 3.63) is 71.8 Å². The van der Waals surface area contributed by atoms with E-state index in [1.165, 1.54) is 0 Å². The maximum atomic E-state index is 11.9. The summed E-state index contributed by atoms with van der Waals surface area (Å²) < 4.78 is 4.03. The predicted octanol–water partition coefficient (Wildman–Crippen LogP) is 2.59. The van der Waals surface area contributed by atoms with Gasteiger partial charge in [-0.15, -0.1) is 0 Å². The molecule has 0 aliphatic rings. The van der Waals surface area contributed by atoms with E-state index >= 15 is 0 Å². The molecular formula is C16H15AsO4. The molecule has 21 heavy (non-hydrogen) atoms.